The molecule has 0 radical (unpaired) electrons. The fourth-order valence-electron chi connectivity index (χ4n) is 3.26. The molecule has 3 aromatic rings. The van der Waals surface area contributed by atoms with Crippen LogP contribution in [0.4, 0.5) is 5.69 Å². The Morgan fingerprint density at radius 3 is 2.62 bits per heavy atom. The normalized spacial score (nSPS) is 11.5. The van der Waals surface area contributed by atoms with Crippen LogP contribution in [0.3, 0.4) is 0 Å². The molecule has 9 nitrogen and oxygen atoms in total. The van der Waals surface area contributed by atoms with E-state index >= 15 is 0 Å². The molecule has 34 heavy (non-hydrogen) atoms. The minimum Gasteiger partial charge on any atom is -0.462 e. The molecule has 0 saturated heterocycles. The van der Waals surface area contributed by atoms with Crippen LogP contribution in [-0.4, -0.2) is 44.9 Å². The quantitative estimate of drug-likeness (QED) is 0.355. The van der Waals surface area contributed by atoms with Gasteiger partial charge in [-0.05, 0) is 50.6 Å². The third kappa shape index (κ3) is 6.22. The predicted molar refractivity (Wildman–Crippen MR) is 130 cm³/mol. The van der Waals surface area contributed by atoms with E-state index in [0.29, 0.717) is 27.8 Å². The molecule has 10 heteroatoms. The first-order valence-electron chi connectivity index (χ1n) is 10.8. The number of esters is 1. The maximum absolute atomic E-state index is 12.6. The van der Waals surface area contributed by atoms with E-state index in [1.165, 1.54) is 11.8 Å². The number of carbonyl (C=O) groups is 3. The zero-order valence-corrected chi connectivity index (χ0v) is 20.3. The maximum Gasteiger partial charge on any atom is 0.338 e. The summed E-state index contributed by atoms with van der Waals surface area (Å²) in [6.45, 7) is 5.73. The van der Waals surface area contributed by atoms with Gasteiger partial charge in [-0.1, -0.05) is 36.0 Å². The fourth-order valence-corrected chi connectivity index (χ4v) is 3.98. The monoisotopic (exact) mass is 481 g/mol. The van der Waals surface area contributed by atoms with Crippen LogP contribution in [0.5, 0.6) is 0 Å². The van der Waals surface area contributed by atoms with Crippen molar-refractivity contribution in [1.29, 1.82) is 0 Å². The third-order valence-electron chi connectivity index (χ3n) is 4.98. The van der Waals surface area contributed by atoms with Crippen LogP contribution in [0.25, 0.3) is 0 Å². The number of hydrogen-bond acceptors (Lipinski definition) is 7. The summed E-state index contributed by atoms with van der Waals surface area (Å²) in [6.07, 6.45) is 0. The highest BCUT2D eigenvalue weighted by atomic mass is 32.2. The Morgan fingerprint density at radius 2 is 1.88 bits per heavy atom. The Hall–Kier alpha value is -3.66. The van der Waals surface area contributed by atoms with Gasteiger partial charge in [-0.25, -0.2) is 4.79 Å². The van der Waals surface area contributed by atoms with E-state index in [2.05, 4.69) is 20.8 Å². The van der Waals surface area contributed by atoms with Gasteiger partial charge in [-0.2, -0.15) is 0 Å². The molecule has 1 heterocycles. The highest BCUT2D eigenvalue weighted by Gasteiger charge is 2.20. The van der Waals surface area contributed by atoms with Gasteiger partial charge in [-0.15, -0.1) is 10.2 Å². The lowest BCUT2D eigenvalue weighted by molar-refractivity contribution is -0.113. The Kier molecular flexibility index (Phi) is 8.42. The minimum atomic E-state index is -0.441. The number of nitrogens with zero attached hydrogens (tertiary/aromatic N) is 3. The second kappa shape index (κ2) is 11.5. The van der Waals surface area contributed by atoms with Crippen molar-refractivity contribution in [1.82, 2.24) is 20.1 Å². The van der Waals surface area contributed by atoms with Gasteiger partial charge in [0.15, 0.2) is 11.0 Å². The van der Waals surface area contributed by atoms with Crippen molar-refractivity contribution < 1.29 is 19.1 Å². The van der Waals surface area contributed by atoms with Crippen LogP contribution < -0.4 is 10.6 Å². The van der Waals surface area contributed by atoms with Crippen molar-refractivity contribution in [3.63, 3.8) is 0 Å². The molecule has 0 aliphatic heterocycles. The SMILES string of the molecule is CCOC(=O)c1cccc(NC(=O)CSc2nnc([C@@H](C)NC(=O)c3ccccc3C)n2C)c1. The first kappa shape index (κ1) is 25.0. The molecule has 0 aliphatic carbocycles. The number of nitrogens with one attached hydrogen (secondary N) is 2. The van der Waals surface area contributed by atoms with Crippen molar-refractivity contribution in [2.75, 3.05) is 17.7 Å². The van der Waals surface area contributed by atoms with E-state index in [1.54, 1.807) is 48.9 Å². The molecule has 0 fully saturated rings. The lowest BCUT2D eigenvalue weighted by Crippen LogP contribution is -2.29. The molecule has 2 amide bonds. The van der Waals surface area contributed by atoms with Crippen LogP contribution in [0.1, 0.15) is 52.0 Å². The average Bonchev–Trinajstić information content (AvgIpc) is 3.18. The maximum atomic E-state index is 12.6. The number of rotatable bonds is 9. The van der Waals surface area contributed by atoms with Crippen LogP contribution >= 0.6 is 11.8 Å². The second-order valence-corrected chi connectivity index (χ2v) is 8.49. The van der Waals surface area contributed by atoms with Crippen molar-refractivity contribution in [3.8, 4) is 0 Å². The van der Waals surface area contributed by atoms with Crippen LogP contribution in [0, 0.1) is 6.92 Å². The predicted octanol–water partition coefficient (Wildman–Crippen LogP) is 3.52. The number of anilines is 1. The number of benzene rings is 2. The highest BCUT2D eigenvalue weighted by molar-refractivity contribution is 7.99. The van der Waals surface area contributed by atoms with Gasteiger partial charge in [0.05, 0.1) is 24.0 Å². The van der Waals surface area contributed by atoms with Crippen molar-refractivity contribution in [3.05, 3.63) is 71.0 Å². The molecule has 2 aromatic carbocycles. The summed E-state index contributed by atoms with van der Waals surface area (Å²) >= 11 is 1.22. The van der Waals surface area contributed by atoms with Crippen molar-refractivity contribution >= 4 is 35.2 Å². The molecule has 0 saturated carbocycles. The van der Waals surface area contributed by atoms with Crippen LogP contribution in [0.15, 0.2) is 53.7 Å². The summed E-state index contributed by atoms with van der Waals surface area (Å²) in [4.78, 5) is 36.9. The summed E-state index contributed by atoms with van der Waals surface area (Å²) in [5.41, 5.74) is 2.37. The Morgan fingerprint density at radius 1 is 1.12 bits per heavy atom. The number of aryl methyl sites for hydroxylation is 1. The highest BCUT2D eigenvalue weighted by Crippen LogP contribution is 2.20. The summed E-state index contributed by atoms with van der Waals surface area (Å²) in [5, 5.41) is 14.6. The summed E-state index contributed by atoms with van der Waals surface area (Å²) in [6, 6.07) is 13.6. The standard InChI is InChI=1S/C24H27N5O4S/c1-5-33-23(32)17-10-8-11-18(13-17)26-20(30)14-34-24-28-27-21(29(24)4)16(3)25-22(31)19-12-7-6-9-15(19)2/h6-13,16H,5,14H2,1-4H3,(H,25,31)(H,26,30)/t16-/m1/s1. The summed E-state index contributed by atoms with van der Waals surface area (Å²) < 4.78 is 6.74. The van der Waals surface area contributed by atoms with Gasteiger partial charge < -0.3 is 19.9 Å². The summed E-state index contributed by atoms with van der Waals surface area (Å²) in [7, 11) is 1.79. The number of thioether (sulfide) groups is 1. The zero-order valence-electron chi connectivity index (χ0n) is 19.5. The second-order valence-electron chi connectivity index (χ2n) is 7.55. The zero-order chi connectivity index (χ0) is 24.7. The van der Waals surface area contributed by atoms with Gasteiger partial charge in [0.1, 0.15) is 0 Å². The van der Waals surface area contributed by atoms with Gasteiger partial charge in [-0.3, -0.25) is 9.59 Å². The first-order valence-corrected chi connectivity index (χ1v) is 11.7. The fraction of sp³-hybridized carbons (Fsp3) is 0.292. The van der Waals surface area contributed by atoms with E-state index in [-0.39, 0.29) is 30.2 Å². The molecule has 2 N–H and O–H groups in total. The first-order chi connectivity index (χ1) is 16.3. The largest absolute Gasteiger partial charge is 0.462 e. The molecule has 1 aromatic heterocycles. The Bertz CT molecular complexity index is 1190. The molecule has 3 rings (SSSR count). The molecule has 0 bridgehead atoms. The van der Waals surface area contributed by atoms with E-state index in [9.17, 15) is 14.4 Å². The molecule has 0 unspecified atom stereocenters. The van der Waals surface area contributed by atoms with E-state index in [0.717, 1.165) is 5.56 Å². The Balaban J connectivity index is 1.57. The van der Waals surface area contributed by atoms with Crippen LogP contribution in [0.2, 0.25) is 0 Å². The van der Waals surface area contributed by atoms with Crippen molar-refractivity contribution in [2.45, 2.75) is 32.0 Å². The van der Waals surface area contributed by atoms with E-state index in [1.807, 2.05) is 32.0 Å². The average molecular weight is 482 g/mol. The Labute approximate surface area is 202 Å². The minimum absolute atomic E-state index is 0.0968. The summed E-state index contributed by atoms with van der Waals surface area (Å²) in [5.74, 6) is -0.210. The molecular weight excluding hydrogens is 454 g/mol. The lowest BCUT2D eigenvalue weighted by atomic mass is 10.1. The number of hydrogen-bond donors (Lipinski definition) is 2. The van der Waals surface area contributed by atoms with Gasteiger partial charge in [0.2, 0.25) is 5.91 Å². The molecule has 0 aliphatic rings. The lowest BCUT2D eigenvalue weighted by Gasteiger charge is -2.14. The van der Waals surface area contributed by atoms with Crippen LogP contribution in [-0.2, 0) is 16.6 Å². The van der Waals surface area contributed by atoms with E-state index < -0.39 is 5.97 Å². The number of amides is 2. The molecule has 178 valence electrons. The van der Waals surface area contributed by atoms with Gasteiger partial charge >= 0.3 is 5.97 Å². The number of ether oxygens (including phenoxy) is 1. The molecule has 0 spiro atoms. The van der Waals surface area contributed by atoms with Gasteiger partial charge in [0, 0.05) is 18.3 Å². The van der Waals surface area contributed by atoms with E-state index in [4.69, 9.17) is 4.74 Å². The van der Waals surface area contributed by atoms with Crippen molar-refractivity contribution in [2.24, 2.45) is 7.05 Å². The number of aromatic nitrogens is 3. The third-order valence-corrected chi connectivity index (χ3v) is 6.00. The molecular formula is C24H27N5O4S. The smallest absolute Gasteiger partial charge is 0.338 e. The topological polar surface area (TPSA) is 115 Å². The van der Waals surface area contributed by atoms with Gasteiger partial charge in [0.25, 0.3) is 5.91 Å². The number of carbonyl (C=O) groups excluding carboxylic acids is 3. The molecule has 1 atom stereocenters.